The van der Waals surface area contributed by atoms with Gasteiger partial charge in [-0.3, -0.25) is 0 Å². The van der Waals surface area contributed by atoms with Gasteiger partial charge >= 0.3 is 12.0 Å². The number of benzene rings is 1. The minimum absolute atomic E-state index is 0.107. The van der Waals surface area contributed by atoms with Crippen molar-refractivity contribution >= 4 is 33.6 Å². The van der Waals surface area contributed by atoms with Crippen LogP contribution in [0.1, 0.15) is 44.0 Å². The van der Waals surface area contributed by atoms with E-state index in [4.69, 9.17) is 5.11 Å². The summed E-state index contributed by atoms with van der Waals surface area (Å²) in [5.41, 5.74) is 0.245. The zero-order valence-corrected chi connectivity index (χ0v) is 13.4. The first-order chi connectivity index (χ1) is 9.25. The third-order valence-corrected chi connectivity index (χ3v) is 3.47. The number of halogens is 1. The van der Waals surface area contributed by atoms with Crippen molar-refractivity contribution in [2.75, 3.05) is 5.32 Å². The molecule has 0 fully saturated rings. The Morgan fingerprint density at radius 3 is 2.55 bits per heavy atom. The molecular weight excluding hydrogens is 324 g/mol. The Morgan fingerprint density at radius 1 is 1.35 bits per heavy atom. The molecule has 0 radical (unpaired) electrons. The molecule has 0 aliphatic heterocycles. The molecule has 3 N–H and O–H groups in total. The Labute approximate surface area is 126 Å². The molecule has 0 aliphatic rings. The van der Waals surface area contributed by atoms with E-state index in [1.54, 1.807) is 12.1 Å². The number of nitrogens with one attached hydrogen (secondary N) is 2. The SMILES string of the molecule is CCCC(C)(C)NC(=O)Nc1ccc(Br)c(C(=O)O)c1. The lowest BCUT2D eigenvalue weighted by Crippen LogP contribution is -2.45. The number of aromatic carboxylic acids is 1. The summed E-state index contributed by atoms with van der Waals surface area (Å²) in [6.07, 6.45) is 1.83. The van der Waals surface area contributed by atoms with Gasteiger partial charge in [0.05, 0.1) is 5.56 Å². The van der Waals surface area contributed by atoms with Gasteiger partial charge in [-0.25, -0.2) is 9.59 Å². The van der Waals surface area contributed by atoms with Crippen LogP contribution in [0.15, 0.2) is 22.7 Å². The number of carboxylic acid groups (broad SMARTS) is 1. The number of urea groups is 1. The fourth-order valence-electron chi connectivity index (χ4n) is 1.92. The average molecular weight is 343 g/mol. The summed E-state index contributed by atoms with van der Waals surface area (Å²) in [6.45, 7) is 5.94. The molecule has 0 saturated carbocycles. The van der Waals surface area contributed by atoms with E-state index in [-0.39, 0.29) is 17.1 Å². The third kappa shape index (κ3) is 4.85. The van der Waals surface area contributed by atoms with Gasteiger partial charge in [0.25, 0.3) is 0 Å². The molecule has 110 valence electrons. The van der Waals surface area contributed by atoms with E-state index >= 15 is 0 Å². The molecule has 5 nitrogen and oxygen atoms in total. The van der Waals surface area contributed by atoms with Crippen LogP contribution in [0.5, 0.6) is 0 Å². The highest BCUT2D eigenvalue weighted by Crippen LogP contribution is 2.21. The smallest absolute Gasteiger partial charge is 0.336 e. The molecule has 0 unspecified atom stereocenters. The summed E-state index contributed by atoms with van der Waals surface area (Å²) in [5, 5.41) is 14.5. The fourth-order valence-corrected chi connectivity index (χ4v) is 2.34. The van der Waals surface area contributed by atoms with Gasteiger partial charge in [0.15, 0.2) is 0 Å². The van der Waals surface area contributed by atoms with Gasteiger partial charge in [-0.1, -0.05) is 13.3 Å². The Bertz CT molecular complexity index is 515. The number of carboxylic acids is 1. The molecule has 0 aliphatic carbocycles. The average Bonchev–Trinajstić information content (AvgIpc) is 2.30. The van der Waals surface area contributed by atoms with Crippen LogP contribution in [0.4, 0.5) is 10.5 Å². The maximum Gasteiger partial charge on any atom is 0.336 e. The van der Waals surface area contributed by atoms with Crippen molar-refractivity contribution in [2.24, 2.45) is 0 Å². The molecule has 1 aromatic carbocycles. The number of anilines is 1. The van der Waals surface area contributed by atoms with Crippen molar-refractivity contribution in [3.63, 3.8) is 0 Å². The van der Waals surface area contributed by atoms with Crippen LogP contribution in [0.3, 0.4) is 0 Å². The summed E-state index contributed by atoms with van der Waals surface area (Å²) in [4.78, 5) is 22.9. The Balaban J connectivity index is 2.76. The maximum atomic E-state index is 11.9. The number of carbonyl (C=O) groups is 2. The van der Waals surface area contributed by atoms with Gasteiger partial charge in [-0.15, -0.1) is 0 Å². The van der Waals surface area contributed by atoms with Gasteiger partial charge < -0.3 is 15.7 Å². The van der Waals surface area contributed by atoms with Crippen LogP contribution in [0, 0.1) is 0 Å². The molecule has 0 saturated heterocycles. The number of hydrogen-bond donors (Lipinski definition) is 3. The van der Waals surface area contributed by atoms with E-state index in [2.05, 4.69) is 33.5 Å². The lowest BCUT2D eigenvalue weighted by atomic mass is 9.99. The largest absolute Gasteiger partial charge is 0.478 e. The highest BCUT2D eigenvalue weighted by molar-refractivity contribution is 9.10. The van der Waals surface area contributed by atoms with E-state index in [0.717, 1.165) is 12.8 Å². The van der Waals surface area contributed by atoms with E-state index in [1.807, 2.05) is 13.8 Å². The molecule has 1 aromatic rings. The molecule has 0 aromatic heterocycles. The first-order valence-electron chi connectivity index (χ1n) is 6.37. The number of rotatable bonds is 5. The highest BCUT2D eigenvalue weighted by Gasteiger charge is 2.19. The molecular formula is C14H19BrN2O3. The molecule has 6 heteroatoms. The monoisotopic (exact) mass is 342 g/mol. The topological polar surface area (TPSA) is 78.4 Å². The number of carbonyl (C=O) groups excluding carboxylic acids is 1. The van der Waals surface area contributed by atoms with Gasteiger partial charge in [0.2, 0.25) is 0 Å². The first kappa shape index (κ1) is 16.5. The van der Waals surface area contributed by atoms with Crippen molar-refractivity contribution in [1.29, 1.82) is 0 Å². The summed E-state index contributed by atoms with van der Waals surface area (Å²) in [6, 6.07) is 4.31. The second kappa shape index (κ2) is 6.74. The van der Waals surface area contributed by atoms with Gasteiger partial charge in [0.1, 0.15) is 0 Å². The highest BCUT2D eigenvalue weighted by atomic mass is 79.9. The maximum absolute atomic E-state index is 11.9. The second-order valence-electron chi connectivity index (χ2n) is 5.21. The van der Waals surface area contributed by atoms with Crippen LogP contribution in [0.2, 0.25) is 0 Å². The lowest BCUT2D eigenvalue weighted by Gasteiger charge is -2.25. The van der Waals surface area contributed by atoms with E-state index in [1.165, 1.54) is 6.07 Å². The molecule has 20 heavy (non-hydrogen) atoms. The molecule has 2 amide bonds. The van der Waals surface area contributed by atoms with Gasteiger partial charge in [-0.2, -0.15) is 0 Å². The molecule has 0 spiro atoms. The van der Waals surface area contributed by atoms with Crippen molar-refractivity contribution in [3.05, 3.63) is 28.2 Å². The molecule has 0 bridgehead atoms. The Hall–Kier alpha value is -1.56. The predicted octanol–water partition coefficient (Wildman–Crippen LogP) is 3.85. The minimum Gasteiger partial charge on any atom is -0.478 e. The van der Waals surface area contributed by atoms with Crippen molar-refractivity contribution < 1.29 is 14.7 Å². The zero-order chi connectivity index (χ0) is 15.3. The summed E-state index contributed by atoms with van der Waals surface area (Å²) in [7, 11) is 0. The van der Waals surface area contributed by atoms with Gasteiger partial charge in [0, 0.05) is 15.7 Å². The van der Waals surface area contributed by atoms with Crippen molar-refractivity contribution in [1.82, 2.24) is 5.32 Å². The number of amides is 2. The second-order valence-corrected chi connectivity index (χ2v) is 6.07. The summed E-state index contributed by atoms with van der Waals surface area (Å²) >= 11 is 3.16. The van der Waals surface area contributed by atoms with Crippen LogP contribution in [-0.4, -0.2) is 22.6 Å². The van der Waals surface area contributed by atoms with E-state index in [0.29, 0.717) is 10.2 Å². The van der Waals surface area contributed by atoms with Crippen LogP contribution >= 0.6 is 15.9 Å². The standard InChI is InChI=1S/C14H19BrN2O3/c1-4-7-14(2,3)17-13(20)16-9-5-6-11(15)10(8-9)12(18)19/h5-6,8H,4,7H2,1-3H3,(H,18,19)(H2,16,17,20). The van der Waals surface area contributed by atoms with Crippen molar-refractivity contribution in [3.8, 4) is 0 Å². The number of hydrogen-bond acceptors (Lipinski definition) is 2. The minimum atomic E-state index is -1.05. The van der Waals surface area contributed by atoms with Gasteiger partial charge in [-0.05, 0) is 54.4 Å². The third-order valence-electron chi connectivity index (χ3n) is 2.78. The quantitative estimate of drug-likeness (QED) is 0.760. The molecule has 0 heterocycles. The Kier molecular flexibility index (Phi) is 5.56. The first-order valence-corrected chi connectivity index (χ1v) is 7.16. The zero-order valence-electron chi connectivity index (χ0n) is 11.8. The van der Waals surface area contributed by atoms with E-state index in [9.17, 15) is 9.59 Å². The van der Waals surface area contributed by atoms with Crippen LogP contribution < -0.4 is 10.6 Å². The fraction of sp³-hybridized carbons (Fsp3) is 0.429. The normalized spacial score (nSPS) is 11.0. The predicted molar refractivity (Wildman–Crippen MR) is 82.2 cm³/mol. The molecule has 0 atom stereocenters. The lowest BCUT2D eigenvalue weighted by molar-refractivity contribution is 0.0696. The van der Waals surface area contributed by atoms with Crippen molar-refractivity contribution in [2.45, 2.75) is 39.2 Å². The Morgan fingerprint density at radius 2 is 2.00 bits per heavy atom. The molecule has 1 rings (SSSR count). The van der Waals surface area contributed by atoms with Crippen LogP contribution in [0.25, 0.3) is 0 Å². The van der Waals surface area contributed by atoms with Crippen LogP contribution in [-0.2, 0) is 0 Å². The summed E-state index contributed by atoms with van der Waals surface area (Å²) in [5.74, 6) is -1.05. The van der Waals surface area contributed by atoms with E-state index < -0.39 is 5.97 Å². The summed E-state index contributed by atoms with van der Waals surface area (Å²) < 4.78 is 0.474.